The van der Waals surface area contributed by atoms with Crippen molar-refractivity contribution in [1.29, 1.82) is 0 Å². The van der Waals surface area contributed by atoms with Gasteiger partial charge in [0.25, 0.3) is 0 Å². The Morgan fingerprint density at radius 1 is 1.54 bits per heavy atom. The molecular formula is C8H16O4S. The first-order valence-corrected chi connectivity index (χ1v) is 5.27. The van der Waals surface area contributed by atoms with E-state index in [1.54, 1.807) is 0 Å². The predicted octanol–water partition coefficient (Wildman–Crippen LogP) is 0.326. The lowest BCUT2D eigenvalue weighted by atomic mass is 10.2. The van der Waals surface area contributed by atoms with Gasteiger partial charge in [-0.05, 0) is 6.42 Å². The minimum absolute atomic E-state index is 0.0266. The van der Waals surface area contributed by atoms with Crippen LogP contribution in [0.25, 0.3) is 0 Å². The van der Waals surface area contributed by atoms with Crippen molar-refractivity contribution in [2.45, 2.75) is 31.1 Å². The fraction of sp³-hybridized carbons (Fsp3) is 0.875. The number of thioether (sulfide) groups is 1. The third-order valence-corrected chi connectivity index (χ3v) is 3.14. The second-order valence-electron chi connectivity index (χ2n) is 2.80. The number of rotatable bonds is 7. The summed E-state index contributed by atoms with van der Waals surface area (Å²) in [4.78, 5) is 10.4. The Morgan fingerprint density at radius 2 is 2.15 bits per heavy atom. The van der Waals surface area contributed by atoms with E-state index in [1.165, 1.54) is 11.8 Å². The second kappa shape index (κ2) is 7.17. The Kier molecular flexibility index (Phi) is 7.03. The summed E-state index contributed by atoms with van der Waals surface area (Å²) in [6.07, 6.45) is 0.127. The highest BCUT2D eigenvalue weighted by Crippen LogP contribution is 2.18. The molecule has 0 aliphatic carbocycles. The third kappa shape index (κ3) is 6.86. The molecule has 0 aromatic heterocycles. The Labute approximate surface area is 82.0 Å². The smallest absolute Gasteiger partial charge is 0.304 e. The maximum absolute atomic E-state index is 10.4. The fourth-order valence-corrected chi connectivity index (χ4v) is 1.91. The lowest BCUT2D eigenvalue weighted by Gasteiger charge is -2.13. The van der Waals surface area contributed by atoms with Gasteiger partial charge in [-0.1, -0.05) is 6.92 Å². The molecule has 0 aromatic rings. The van der Waals surface area contributed by atoms with Crippen molar-refractivity contribution >= 4 is 17.7 Å². The minimum Gasteiger partial charge on any atom is -0.481 e. The SMILES string of the molecule is CCC(CC(=O)O)SCC(O)CO. The lowest BCUT2D eigenvalue weighted by Crippen LogP contribution is -2.18. The molecule has 0 aliphatic rings. The monoisotopic (exact) mass is 208 g/mol. The highest BCUT2D eigenvalue weighted by molar-refractivity contribution is 7.99. The molecule has 0 saturated carbocycles. The summed E-state index contributed by atoms with van der Waals surface area (Å²) in [7, 11) is 0. The third-order valence-electron chi connectivity index (χ3n) is 1.59. The van der Waals surface area contributed by atoms with E-state index in [2.05, 4.69) is 0 Å². The van der Waals surface area contributed by atoms with Gasteiger partial charge in [0, 0.05) is 11.0 Å². The summed E-state index contributed by atoms with van der Waals surface area (Å²) in [6, 6.07) is 0. The highest BCUT2D eigenvalue weighted by atomic mass is 32.2. The van der Waals surface area contributed by atoms with Gasteiger partial charge < -0.3 is 15.3 Å². The second-order valence-corrected chi connectivity index (χ2v) is 4.13. The van der Waals surface area contributed by atoms with E-state index in [0.717, 1.165) is 6.42 Å². The molecule has 0 bridgehead atoms. The average molecular weight is 208 g/mol. The van der Waals surface area contributed by atoms with Crippen LogP contribution in [0.15, 0.2) is 0 Å². The normalized spacial score (nSPS) is 15.3. The maximum atomic E-state index is 10.4. The zero-order valence-corrected chi connectivity index (χ0v) is 8.46. The summed E-state index contributed by atoms with van der Waals surface area (Å²) in [5.74, 6) is -0.430. The first-order valence-electron chi connectivity index (χ1n) is 4.22. The van der Waals surface area contributed by atoms with Gasteiger partial charge >= 0.3 is 5.97 Å². The zero-order valence-electron chi connectivity index (χ0n) is 7.64. The summed E-state index contributed by atoms with van der Waals surface area (Å²) in [6.45, 7) is 1.64. The molecule has 0 radical (unpaired) electrons. The van der Waals surface area contributed by atoms with Gasteiger partial charge in [-0.3, -0.25) is 4.79 Å². The quantitative estimate of drug-likeness (QED) is 0.562. The number of hydrogen-bond acceptors (Lipinski definition) is 4. The van der Waals surface area contributed by atoms with Crippen LogP contribution in [0.4, 0.5) is 0 Å². The number of aliphatic carboxylic acids is 1. The first-order chi connectivity index (χ1) is 6.10. The number of carboxylic acid groups (broad SMARTS) is 1. The molecule has 2 unspecified atom stereocenters. The Hall–Kier alpha value is -0.260. The van der Waals surface area contributed by atoms with E-state index in [0.29, 0.717) is 5.75 Å². The minimum atomic E-state index is -0.821. The van der Waals surface area contributed by atoms with Crippen LogP contribution in [0.1, 0.15) is 19.8 Å². The van der Waals surface area contributed by atoms with Gasteiger partial charge in [0.2, 0.25) is 0 Å². The van der Waals surface area contributed by atoms with Crippen molar-refractivity contribution in [3.05, 3.63) is 0 Å². The van der Waals surface area contributed by atoms with E-state index in [4.69, 9.17) is 15.3 Å². The van der Waals surface area contributed by atoms with E-state index in [-0.39, 0.29) is 18.3 Å². The van der Waals surface area contributed by atoms with E-state index >= 15 is 0 Å². The molecule has 13 heavy (non-hydrogen) atoms. The molecule has 0 rings (SSSR count). The van der Waals surface area contributed by atoms with Crippen LogP contribution in [0.2, 0.25) is 0 Å². The van der Waals surface area contributed by atoms with Crippen molar-refractivity contribution in [2.75, 3.05) is 12.4 Å². The van der Waals surface area contributed by atoms with Crippen molar-refractivity contribution in [2.24, 2.45) is 0 Å². The molecule has 0 aromatic carbocycles. The van der Waals surface area contributed by atoms with E-state index in [9.17, 15) is 4.79 Å². The molecule has 0 saturated heterocycles. The molecular weight excluding hydrogens is 192 g/mol. The maximum Gasteiger partial charge on any atom is 0.304 e. The number of carboxylic acids is 1. The standard InChI is InChI=1S/C8H16O4S/c1-2-7(3-8(11)12)13-5-6(10)4-9/h6-7,9-10H,2-5H2,1H3,(H,11,12). The molecule has 0 heterocycles. The number of aliphatic hydroxyl groups excluding tert-OH is 2. The van der Waals surface area contributed by atoms with Crippen LogP contribution in [-0.4, -0.2) is 45.0 Å². The van der Waals surface area contributed by atoms with Crippen molar-refractivity contribution in [3.63, 3.8) is 0 Å². The average Bonchev–Trinajstić information content (AvgIpc) is 2.10. The Balaban J connectivity index is 3.65. The van der Waals surface area contributed by atoms with Crippen LogP contribution in [0.3, 0.4) is 0 Å². The molecule has 5 heteroatoms. The molecule has 4 nitrogen and oxygen atoms in total. The first kappa shape index (κ1) is 12.7. The molecule has 0 fully saturated rings. The topological polar surface area (TPSA) is 77.8 Å². The molecule has 2 atom stereocenters. The summed E-state index contributed by atoms with van der Waals surface area (Å²) in [5, 5.41) is 26.1. The fourth-order valence-electron chi connectivity index (χ4n) is 0.816. The van der Waals surface area contributed by atoms with Crippen LogP contribution < -0.4 is 0 Å². The van der Waals surface area contributed by atoms with Crippen molar-refractivity contribution in [1.82, 2.24) is 0 Å². The van der Waals surface area contributed by atoms with E-state index < -0.39 is 12.1 Å². The van der Waals surface area contributed by atoms with Gasteiger partial charge in [0.1, 0.15) is 0 Å². The van der Waals surface area contributed by atoms with Gasteiger partial charge in [0.15, 0.2) is 0 Å². The number of aliphatic hydroxyl groups is 2. The lowest BCUT2D eigenvalue weighted by molar-refractivity contribution is -0.136. The number of carbonyl (C=O) groups is 1. The van der Waals surface area contributed by atoms with Crippen LogP contribution in [0, 0.1) is 0 Å². The van der Waals surface area contributed by atoms with Gasteiger partial charge in [-0.15, -0.1) is 0 Å². The molecule has 0 spiro atoms. The van der Waals surface area contributed by atoms with Gasteiger partial charge in [-0.25, -0.2) is 0 Å². The summed E-state index contributed by atoms with van der Waals surface area (Å²) in [5.41, 5.74) is 0. The summed E-state index contributed by atoms with van der Waals surface area (Å²) < 4.78 is 0. The van der Waals surface area contributed by atoms with E-state index in [1.807, 2.05) is 6.92 Å². The molecule has 78 valence electrons. The number of hydrogen-bond donors (Lipinski definition) is 3. The summed E-state index contributed by atoms with van der Waals surface area (Å²) >= 11 is 1.39. The van der Waals surface area contributed by atoms with Gasteiger partial charge in [0.05, 0.1) is 19.1 Å². The largest absolute Gasteiger partial charge is 0.481 e. The van der Waals surface area contributed by atoms with Crippen molar-refractivity contribution in [3.8, 4) is 0 Å². The Morgan fingerprint density at radius 3 is 2.54 bits per heavy atom. The Bertz CT molecular complexity index is 151. The van der Waals surface area contributed by atoms with Crippen molar-refractivity contribution < 1.29 is 20.1 Å². The molecule has 0 aliphatic heterocycles. The molecule has 3 N–H and O–H groups in total. The predicted molar refractivity (Wildman–Crippen MR) is 51.9 cm³/mol. The van der Waals surface area contributed by atoms with Gasteiger partial charge in [-0.2, -0.15) is 11.8 Å². The molecule has 0 amide bonds. The van der Waals surface area contributed by atoms with Crippen LogP contribution >= 0.6 is 11.8 Å². The highest BCUT2D eigenvalue weighted by Gasteiger charge is 2.13. The van der Waals surface area contributed by atoms with Crippen LogP contribution in [0.5, 0.6) is 0 Å². The van der Waals surface area contributed by atoms with Crippen LogP contribution in [-0.2, 0) is 4.79 Å². The zero-order chi connectivity index (χ0) is 10.3.